The Kier molecular flexibility index (Phi) is 4.19. The summed E-state index contributed by atoms with van der Waals surface area (Å²) in [5, 5.41) is 3.10. The predicted octanol–water partition coefficient (Wildman–Crippen LogP) is 4.99. The van der Waals surface area contributed by atoms with Crippen LogP contribution in [-0.4, -0.2) is 0 Å². The Morgan fingerprint density at radius 3 is 2.67 bits per heavy atom. The second kappa shape index (κ2) is 5.67. The summed E-state index contributed by atoms with van der Waals surface area (Å²) in [5.41, 5.74) is 1.15. The molecule has 1 N–H and O–H groups in total. The number of nitrogens with one attached hydrogen (secondary N) is 1. The fraction of sp³-hybridized carbons (Fsp3) is 0.0769. The van der Waals surface area contributed by atoms with Gasteiger partial charge in [0.05, 0.1) is 5.02 Å². The van der Waals surface area contributed by atoms with Crippen LogP contribution in [0, 0.1) is 11.6 Å². The Labute approximate surface area is 117 Å². The van der Waals surface area contributed by atoms with Gasteiger partial charge in [-0.25, -0.2) is 8.78 Å². The molecule has 2 rings (SSSR count). The van der Waals surface area contributed by atoms with Crippen molar-refractivity contribution >= 4 is 33.2 Å². The smallest absolute Gasteiger partial charge is 0.146 e. The summed E-state index contributed by atoms with van der Waals surface area (Å²) in [7, 11) is 0. The van der Waals surface area contributed by atoms with E-state index in [0.717, 1.165) is 0 Å². The van der Waals surface area contributed by atoms with Crippen molar-refractivity contribution in [1.29, 1.82) is 0 Å². The molecule has 0 saturated carbocycles. The molecule has 1 nitrogen and oxygen atoms in total. The molecule has 0 spiro atoms. The lowest BCUT2D eigenvalue weighted by Crippen LogP contribution is -2.02. The third-order valence-electron chi connectivity index (χ3n) is 2.43. The second-order valence-corrected chi connectivity index (χ2v) is 4.95. The molecule has 0 heterocycles. The van der Waals surface area contributed by atoms with Gasteiger partial charge in [-0.3, -0.25) is 0 Å². The van der Waals surface area contributed by atoms with Crippen LogP contribution in [0.15, 0.2) is 40.9 Å². The number of anilines is 1. The molecular weight excluding hydrogens is 324 g/mol. The molecule has 0 fully saturated rings. The van der Waals surface area contributed by atoms with E-state index in [0.29, 0.717) is 15.7 Å². The lowest BCUT2D eigenvalue weighted by Gasteiger charge is -2.10. The zero-order chi connectivity index (χ0) is 13.1. The van der Waals surface area contributed by atoms with Crippen molar-refractivity contribution in [1.82, 2.24) is 0 Å². The first kappa shape index (κ1) is 13.3. The molecule has 0 aromatic heterocycles. The third-order valence-corrected chi connectivity index (χ3v) is 3.38. The molecule has 2 aromatic carbocycles. The summed E-state index contributed by atoms with van der Waals surface area (Å²) in [6.07, 6.45) is 0. The Bertz CT molecular complexity index is 575. The number of rotatable bonds is 3. The minimum absolute atomic E-state index is 0.0903. The molecule has 0 aliphatic heterocycles. The van der Waals surface area contributed by atoms with Gasteiger partial charge in [0.25, 0.3) is 0 Å². The lowest BCUT2D eigenvalue weighted by atomic mass is 10.2. The maximum absolute atomic E-state index is 13.6. The molecule has 0 aliphatic carbocycles. The number of halogens is 4. The quantitative estimate of drug-likeness (QED) is 0.834. The zero-order valence-electron chi connectivity index (χ0n) is 9.18. The molecule has 0 atom stereocenters. The third kappa shape index (κ3) is 3.00. The van der Waals surface area contributed by atoms with Gasteiger partial charge >= 0.3 is 0 Å². The van der Waals surface area contributed by atoms with Gasteiger partial charge in [0.15, 0.2) is 0 Å². The monoisotopic (exact) mass is 331 g/mol. The van der Waals surface area contributed by atoms with Crippen LogP contribution in [0.5, 0.6) is 0 Å². The number of benzene rings is 2. The first-order valence-electron chi connectivity index (χ1n) is 5.20. The van der Waals surface area contributed by atoms with E-state index in [1.807, 2.05) is 0 Å². The molecule has 0 unspecified atom stereocenters. The molecule has 0 radical (unpaired) electrons. The second-order valence-electron chi connectivity index (χ2n) is 3.69. The maximum atomic E-state index is 13.6. The minimum atomic E-state index is -0.440. The normalized spacial score (nSPS) is 10.4. The number of hydrogen-bond donors (Lipinski definition) is 1. The average Bonchev–Trinajstić information content (AvgIpc) is 2.33. The standard InChI is InChI=1S/C13H9BrClF2N/c14-10-6-9(16)4-5-12(10)18-7-8-2-1-3-11(15)13(8)17/h1-6,18H,7H2. The summed E-state index contributed by atoms with van der Waals surface area (Å²) in [6.45, 7) is 0.274. The van der Waals surface area contributed by atoms with Gasteiger partial charge in [-0.15, -0.1) is 0 Å². The molecular formula is C13H9BrClF2N. The van der Waals surface area contributed by atoms with E-state index < -0.39 is 5.82 Å². The minimum Gasteiger partial charge on any atom is -0.380 e. The van der Waals surface area contributed by atoms with Gasteiger partial charge in [0.1, 0.15) is 11.6 Å². The highest BCUT2D eigenvalue weighted by molar-refractivity contribution is 9.10. The van der Waals surface area contributed by atoms with E-state index in [4.69, 9.17) is 11.6 Å². The first-order valence-corrected chi connectivity index (χ1v) is 6.37. The van der Waals surface area contributed by atoms with Crippen molar-refractivity contribution in [2.24, 2.45) is 0 Å². The molecule has 0 bridgehead atoms. The van der Waals surface area contributed by atoms with Gasteiger partial charge in [0, 0.05) is 22.3 Å². The van der Waals surface area contributed by atoms with Crippen molar-refractivity contribution in [3.63, 3.8) is 0 Å². The van der Waals surface area contributed by atoms with E-state index in [1.165, 1.54) is 18.2 Å². The molecule has 5 heteroatoms. The molecule has 0 aliphatic rings. The Balaban J connectivity index is 2.14. The molecule has 0 saturated heterocycles. The van der Waals surface area contributed by atoms with E-state index >= 15 is 0 Å². The molecule has 0 amide bonds. The Morgan fingerprint density at radius 2 is 1.94 bits per heavy atom. The highest BCUT2D eigenvalue weighted by Gasteiger charge is 2.07. The van der Waals surface area contributed by atoms with Crippen LogP contribution >= 0.6 is 27.5 Å². The summed E-state index contributed by atoms with van der Waals surface area (Å²) < 4.78 is 27.1. The van der Waals surface area contributed by atoms with Crippen LogP contribution in [0.4, 0.5) is 14.5 Å². The van der Waals surface area contributed by atoms with Gasteiger partial charge in [-0.05, 0) is 40.2 Å². The molecule has 2 aromatic rings. The summed E-state index contributed by atoms with van der Waals surface area (Å²) in [5.74, 6) is -0.772. The van der Waals surface area contributed by atoms with E-state index in [-0.39, 0.29) is 17.4 Å². The van der Waals surface area contributed by atoms with Crippen LogP contribution in [-0.2, 0) is 6.54 Å². The van der Waals surface area contributed by atoms with Crippen molar-refractivity contribution < 1.29 is 8.78 Å². The van der Waals surface area contributed by atoms with Gasteiger partial charge < -0.3 is 5.32 Å². The predicted molar refractivity (Wildman–Crippen MR) is 72.8 cm³/mol. The highest BCUT2D eigenvalue weighted by Crippen LogP contribution is 2.24. The van der Waals surface area contributed by atoms with Gasteiger partial charge in [-0.1, -0.05) is 23.7 Å². The zero-order valence-corrected chi connectivity index (χ0v) is 11.5. The summed E-state index contributed by atoms with van der Waals surface area (Å²) in [6, 6.07) is 9.09. The van der Waals surface area contributed by atoms with Crippen LogP contribution < -0.4 is 5.32 Å². The Morgan fingerprint density at radius 1 is 1.17 bits per heavy atom. The van der Waals surface area contributed by atoms with Crippen LogP contribution in [0.25, 0.3) is 0 Å². The van der Waals surface area contributed by atoms with Crippen molar-refractivity contribution in [2.45, 2.75) is 6.54 Å². The topological polar surface area (TPSA) is 12.0 Å². The van der Waals surface area contributed by atoms with E-state index in [9.17, 15) is 8.78 Å². The fourth-order valence-corrected chi connectivity index (χ4v) is 2.19. The van der Waals surface area contributed by atoms with Crippen LogP contribution in [0.1, 0.15) is 5.56 Å². The van der Waals surface area contributed by atoms with Crippen molar-refractivity contribution in [3.05, 3.63) is 63.1 Å². The highest BCUT2D eigenvalue weighted by atomic mass is 79.9. The molecule has 18 heavy (non-hydrogen) atoms. The SMILES string of the molecule is Fc1ccc(NCc2cccc(Cl)c2F)c(Br)c1. The van der Waals surface area contributed by atoms with Crippen LogP contribution in [0.2, 0.25) is 5.02 Å². The fourth-order valence-electron chi connectivity index (χ4n) is 1.51. The van der Waals surface area contributed by atoms with Gasteiger partial charge in [0.2, 0.25) is 0 Å². The number of hydrogen-bond acceptors (Lipinski definition) is 1. The molecule has 94 valence electrons. The van der Waals surface area contributed by atoms with Gasteiger partial charge in [-0.2, -0.15) is 0 Å². The average molecular weight is 333 g/mol. The van der Waals surface area contributed by atoms with Crippen molar-refractivity contribution in [3.8, 4) is 0 Å². The van der Waals surface area contributed by atoms with Crippen molar-refractivity contribution in [2.75, 3.05) is 5.32 Å². The largest absolute Gasteiger partial charge is 0.380 e. The maximum Gasteiger partial charge on any atom is 0.146 e. The van der Waals surface area contributed by atoms with E-state index in [1.54, 1.807) is 18.2 Å². The summed E-state index contributed by atoms with van der Waals surface area (Å²) >= 11 is 8.92. The Hall–Kier alpha value is -1.13. The van der Waals surface area contributed by atoms with E-state index in [2.05, 4.69) is 21.2 Å². The lowest BCUT2D eigenvalue weighted by molar-refractivity contribution is 0.613. The first-order chi connectivity index (χ1) is 8.58. The van der Waals surface area contributed by atoms with Crippen LogP contribution in [0.3, 0.4) is 0 Å². The summed E-state index contributed by atoms with van der Waals surface area (Å²) in [4.78, 5) is 0.